The number of ether oxygens (including phenoxy) is 1. The third-order valence-electron chi connectivity index (χ3n) is 2.44. The van der Waals surface area contributed by atoms with Crippen LogP contribution in [-0.2, 0) is 9.53 Å². The monoisotopic (exact) mass is 236 g/mol. The molecule has 17 heavy (non-hydrogen) atoms. The maximum atomic E-state index is 12.8. The Morgan fingerprint density at radius 1 is 1.35 bits per heavy atom. The molecule has 0 bridgehead atoms. The standard InChI is InChI=1S/C12H13FN2O2/c1-8(16)15-12(2,3)17-11(14-15)9-4-6-10(13)7-5-9/h4-7H,1-3H3. The van der Waals surface area contributed by atoms with E-state index in [4.69, 9.17) is 4.74 Å². The fourth-order valence-corrected chi connectivity index (χ4v) is 1.67. The Balaban J connectivity index is 2.33. The van der Waals surface area contributed by atoms with E-state index in [0.717, 1.165) is 0 Å². The van der Waals surface area contributed by atoms with Gasteiger partial charge in [-0.15, -0.1) is 5.10 Å². The Hall–Kier alpha value is -1.91. The minimum atomic E-state index is -0.810. The smallest absolute Gasteiger partial charge is 0.243 e. The summed E-state index contributed by atoms with van der Waals surface area (Å²) in [5.74, 6) is -0.202. The van der Waals surface area contributed by atoms with Crippen LogP contribution in [0, 0.1) is 5.82 Å². The molecule has 1 amide bonds. The number of carbonyl (C=O) groups is 1. The highest BCUT2D eigenvalue weighted by atomic mass is 19.1. The zero-order chi connectivity index (χ0) is 12.6. The molecule has 0 saturated heterocycles. The normalized spacial score (nSPS) is 17.6. The number of amides is 1. The van der Waals surface area contributed by atoms with Crippen molar-refractivity contribution in [2.45, 2.75) is 26.5 Å². The molecular formula is C12H13FN2O2. The van der Waals surface area contributed by atoms with Gasteiger partial charge in [0.25, 0.3) is 0 Å². The highest BCUT2D eigenvalue weighted by Gasteiger charge is 2.38. The zero-order valence-electron chi connectivity index (χ0n) is 9.90. The Kier molecular flexibility index (Phi) is 2.61. The largest absolute Gasteiger partial charge is 0.448 e. The maximum absolute atomic E-state index is 12.8. The Bertz CT molecular complexity index is 480. The molecule has 1 aromatic carbocycles. The van der Waals surface area contributed by atoms with Crippen molar-refractivity contribution in [1.29, 1.82) is 0 Å². The molecule has 0 fully saturated rings. The van der Waals surface area contributed by atoms with Gasteiger partial charge in [0.05, 0.1) is 0 Å². The quantitative estimate of drug-likeness (QED) is 0.749. The highest BCUT2D eigenvalue weighted by Crippen LogP contribution is 2.26. The van der Waals surface area contributed by atoms with Gasteiger partial charge in [0.15, 0.2) is 0 Å². The lowest BCUT2D eigenvalue weighted by molar-refractivity contribution is -0.142. The van der Waals surface area contributed by atoms with Crippen LogP contribution in [0.4, 0.5) is 4.39 Å². The molecule has 0 unspecified atom stereocenters. The Labute approximate surface area is 98.7 Å². The van der Waals surface area contributed by atoms with Crippen LogP contribution >= 0.6 is 0 Å². The molecule has 0 N–H and O–H groups in total. The lowest BCUT2D eigenvalue weighted by Gasteiger charge is -2.25. The number of rotatable bonds is 1. The van der Waals surface area contributed by atoms with Crippen LogP contribution < -0.4 is 0 Å². The predicted molar refractivity (Wildman–Crippen MR) is 60.6 cm³/mol. The Morgan fingerprint density at radius 3 is 2.41 bits per heavy atom. The van der Waals surface area contributed by atoms with E-state index in [9.17, 15) is 9.18 Å². The molecule has 4 nitrogen and oxygen atoms in total. The van der Waals surface area contributed by atoms with Crippen LogP contribution in [0.5, 0.6) is 0 Å². The van der Waals surface area contributed by atoms with Crippen molar-refractivity contribution in [2.24, 2.45) is 5.10 Å². The van der Waals surface area contributed by atoms with Crippen molar-refractivity contribution in [1.82, 2.24) is 5.01 Å². The van der Waals surface area contributed by atoms with Crippen molar-refractivity contribution >= 4 is 11.8 Å². The number of carbonyl (C=O) groups excluding carboxylic acids is 1. The number of halogens is 1. The van der Waals surface area contributed by atoms with E-state index < -0.39 is 5.72 Å². The van der Waals surface area contributed by atoms with E-state index in [1.807, 2.05) is 0 Å². The van der Waals surface area contributed by atoms with Gasteiger partial charge >= 0.3 is 0 Å². The second-order valence-corrected chi connectivity index (χ2v) is 4.29. The number of benzene rings is 1. The summed E-state index contributed by atoms with van der Waals surface area (Å²) < 4.78 is 18.4. The summed E-state index contributed by atoms with van der Waals surface area (Å²) in [4.78, 5) is 11.4. The second kappa shape index (κ2) is 3.84. The maximum Gasteiger partial charge on any atom is 0.243 e. The average molecular weight is 236 g/mol. The van der Waals surface area contributed by atoms with Crippen LogP contribution in [0.25, 0.3) is 0 Å². The molecule has 5 heteroatoms. The Morgan fingerprint density at radius 2 is 1.94 bits per heavy atom. The molecular weight excluding hydrogens is 223 g/mol. The fourth-order valence-electron chi connectivity index (χ4n) is 1.67. The molecule has 0 radical (unpaired) electrons. The number of hydrogen-bond donors (Lipinski definition) is 0. The van der Waals surface area contributed by atoms with Gasteiger partial charge in [0.1, 0.15) is 5.82 Å². The topological polar surface area (TPSA) is 41.9 Å². The van der Waals surface area contributed by atoms with Crippen LogP contribution in [0.15, 0.2) is 29.4 Å². The van der Waals surface area contributed by atoms with E-state index in [2.05, 4.69) is 5.10 Å². The average Bonchev–Trinajstić information content (AvgIpc) is 2.55. The zero-order valence-corrected chi connectivity index (χ0v) is 9.90. The first-order valence-electron chi connectivity index (χ1n) is 5.24. The number of hydrogen-bond acceptors (Lipinski definition) is 3. The van der Waals surface area contributed by atoms with Crippen molar-refractivity contribution in [2.75, 3.05) is 0 Å². The summed E-state index contributed by atoms with van der Waals surface area (Å²) in [6, 6.07) is 5.77. The summed E-state index contributed by atoms with van der Waals surface area (Å²) in [6.07, 6.45) is 0. The van der Waals surface area contributed by atoms with Crippen LogP contribution in [-0.4, -0.2) is 22.5 Å². The van der Waals surface area contributed by atoms with E-state index in [1.54, 1.807) is 26.0 Å². The van der Waals surface area contributed by atoms with Crippen molar-refractivity contribution in [3.63, 3.8) is 0 Å². The molecule has 1 heterocycles. The number of hydrazone groups is 1. The van der Waals surface area contributed by atoms with E-state index in [-0.39, 0.29) is 11.7 Å². The third kappa shape index (κ3) is 2.13. The summed E-state index contributed by atoms with van der Waals surface area (Å²) in [7, 11) is 0. The van der Waals surface area contributed by atoms with Gasteiger partial charge in [0, 0.05) is 12.5 Å². The van der Waals surface area contributed by atoms with Gasteiger partial charge in [-0.1, -0.05) is 0 Å². The van der Waals surface area contributed by atoms with Crippen molar-refractivity contribution in [3.05, 3.63) is 35.6 Å². The predicted octanol–water partition coefficient (Wildman–Crippen LogP) is 2.10. The molecule has 0 aliphatic carbocycles. The van der Waals surface area contributed by atoms with Gasteiger partial charge in [-0.25, -0.2) is 4.39 Å². The molecule has 2 rings (SSSR count). The van der Waals surface area contributed by atoms with E-state index in [1.165, 1.54) is 24.1 Å². The molecule has 1 aromatic rings. The summed E-state index contributed by atoms with van der Waals surface area (Å²) in [6.45, 7) is 4.91. The van der Waals surface area contributed by atoms with Crippen LogP contribution in [0.1, 0.15) is 26.3 Å². The van der Waals surface area contributed by atoms with Gasteiger partial charge in [0.2, 0.25) is 17.5 Å². The first kappa shape index (κ1) is 11.6. The minimum Gasteiger partial charge on any atom is -0.448 e. The number of nitrogens with zero attached hydrogens (tertiary/aromatic N) is 2. The van der Waals surface area contributed by atoms with Crippen molar-refractivity contribution in [3.8, 4) is 0 Å². The second-order valence-electron chi connectivity index (χ2n) is 4.29. The van der Waals surface area contributed by atoms with E-state index in [0.29, 0.717) is 11.5 Å². The first-order valence-corrected chi connectivity index (χ1v) is 5.24. The lowest BCUT2D eigenvalue weighted by atomic mass is 10.2. The van der Waals surface area contributed by atoms with Crippen LogP contribution in [0.3, 0.4) is 0 Å². The first-order chi connectivity index (χ1) is 7.90. The molecule has 1 aliphatic heterocycles. The van der Waals surface area contributed by atoms with Gasteiger partial charge in [-0.2, -0.15) is 5.01 Å². The van der Waals surface area contributed by atoms with E-state index >= 15 is 0 Å². The van der Waals surface area contributed by atoms with Gasteiger partial charge in [-0.05, 0) is 38.1 Å². The molecule has 0 spiro atoms. The molecule has 0 atom stereocenters. The fraction of sp³-hybridized carbons (Fsp3) is 0.333. The molecule has 0 aromatic heterocycles. The van der Waals surface area contributed by atoms with Gasteiger partial charge in [-0.3, -0.25) is 4.79 Å². The molecule has 90 valence electrons. The minimum absolute atomic E-state index is 0.202. The molecule has 0 saturated carbocycles. The summed E-state index contributed by atoms with van der Waals surface area (Å²) in [5.41, 5.74) is -0.168. The third-order valence-corrected chi connectivity index (χ3v) is 2.44. The summed E-state index contributed by atoms with van der Waals surface area (Å²) >= 11 is 0. The highest BCUT2D eigenvalue weighted by molar-refractivity contribution is 5.96. The summed E-state index contributed by atoms with van der Waals surface area (Å²) in [5, 5.41) is 5.37. The van der Waals surface area contributed by atoms with Gasteiger partial charge < -0.3 is 4.74 Å². The van der Waals surface area contributed by atoms with Crippen LogP contribution in [0.2, 0.25) is 0 Å². The lowest BCUT2D eigenvalue weighted by Crippen LogP contribution is -2.41. The van der Waals surface area contributed by atoms with Crippen molar-refractivity contribution < 1.29 is 13.9 Å². The SMILES string of the molecule is CC(=O)N1N=C(c2ccc(F)cc2)OC1(C)C. The molecule has 1 aliphatic rings.